The Morgan fingerprint density at radius 1 is 1.17 bits per heavy atom. The van der Waals surface area contributed by atoms with Gasteiger partial charge in [-0.05, 0) is 24.6 Å². The van der Waals surface area contributed by atoms with Crippen molar-refractivity contribution in [3.05, 3.63) is 36.5 Å². The van der Waals surface area contributed by atoms with Gasteiger partial charge in [0.15, 0.2) is 5.82 Å². The molecule has 4 heteroatoms. The molecule has 4 nitrogen and oxygen atoms in total. The van der Waals surface area contributed by atoms with E-state index in [4.69, 9.17) is 0 Å². The van der Waals surface area contributed by atoms with Crippen LogP contribution in [-0.2, 0) is 0 Å². The molecule has 1 aliphatic heterocycles. The van der Waals surface area contributed by atoms with Crippen molar-refractivity contribution in [2.75, 3.05) is 16.8 Å². The SMILES string of the molecule is CCCCN1c2ccccc2Nc2nnccc21. The lowest BCUT2D eigenvalue weighted by atomic mass is 10.1. The molecule has 1 aromatic heterocycles. The van der Waals surface area contributed by atoms with Gasteiger partial charge in [-0.1, -0.05) is 25.5 Å². The van der Waals surface area contributed by atoms with Crippen molar-refractivity contribution in [1.82, 2.24) is 10.2 Å². The summed E-state index contributed by atoms with van der Waals surface area (Å²) < 4.78 is 0. The maximum Gasteiger partial charge on any atom is 0.177 e. The second kappa shape index (κ2) is 4.64. The summed E-state index contributed by atoms with van der Waals surface area (Å²) in [4.78, 5) is 2.32. The van der Waals surface area contributed by atoms with Crippen molar-refractivity contribution in [2.45, 2.75) is 19.8 Å². The Balaban J connectivity index is 2.05. The molecule has 0 saturated heterocycles. The minimum absolute atomic E-state index is 0.840. The molecular weight excluding hydrogens is 224 g/mol. The Morgan fingerprint density at radius 2 is 2.06 bits per heavy atom. The Kier molecular flexibility index (Phi) is 2.84. The van der Waals surface area contributed by atoms with E-state index in [1.54, 1.807) is 6.20 Å². The number of nitrogens with one attached hydrogen (secondary N) is 1. The first-order chi connectivity index (χ1) is 8.90. The molecule has 1 aromatic carbocycles. The van der Waals surface area contributed by atoms with Crippen molar-refractivity contribution < 1.29 is 0 Å². The summed E-state index contributed by atoms with van der Waals surface area (Å²) in [7, 11) is 0. The number of para-hydroxylation sites is 2. The Labute approximate surface area is 107 Å². The van der Waals surface area contributed by atoms with Crippen LogP contribution < -0.4 is 10.2 Å². The number of benzene rings is 1. The molecule has 3 rings (SSSR count). The van der Waals surface area contributed by atoms with Crippen LogP contribution in [0, 0.1) is 0 Å². The van der Waals surface area contributed by atoms with Crippen LogP contribution in [0.4, 0.5) is 22.9 Å². The lowest BCUT2D eigenvalue weighted by Crippen LogP contribution is -2.24. The van der Waals surface area contributed by atoms with Crippen LogP contribution in [0.25, 0.3) is 0 Å². The van der Waals surface area contributed by atoms with Crippen LogP contribution in [0.15, 0.2) is 36.5 Å². The standard InChI is InChI=1S/C14H16N4/c1-2-3-10-18-12-7-5-4-6-11(12)16-14-13(18)8-9-15-17-14/h4-9H,2-3,10H2,1H3,(H,16,17). The Morgan fingerprint density at radius 3 is 2.94 bits per heavy atom. The number of rotatable bonds is 3. The van der Waals surface area contributed by atoms with E-state index < -0.39 is 0 Å². The molecular formula is C14H16N4. The van der Waals surface area contributed by atoms with Crippen molar-refractivity contribution in [3.8, 4) is 0 Å². The van der Waals surface area contributed by atoms with Crippen LogP contribution in [0.2, 0.25) is 0 Å². The number of hydrogen-bond donors (Lipinski definition) is 1. The third-order valence-corrected chi connectivity index (χ3v) is 3.17. The van der Waals surface area contributed by atoms with Gasteiger partial charge in [0, 0.05) is 6.54 Å². The van der Waals surface area contributed by atoms with Gasteiger partial charge in [-0.25, -0.2) is 0 Å². The van der Waals surface area contributed by atoms with Gasteiger partial charge in [0.05, 0.1) is 23.3 Å². The summed E-state index contributed by atoms with van der Waals surface area (Å²) in [5, 5.41) is 11.5. The van der Waals surface area contributed by atoms with Gasteiger partial charge in [0.25, 0.3) is 0 Å². The van der Waals surface area contributed by atoms with E-state index in [9.17, 15) is 0 Å². The summed E-state index contributed by atoms with van der Waals surface area (Å²) >= 11 is 0. The first kappa shape index (κ1) is 11.0. The maximum absolute atomic E-state index is 4.17. The average molecular weight is 240 g/mol. The number of hydrogen-bond acceptors (Lipinski definition) is 4. The molecule has 18 heavy (non-hydrogen) atoms. The van der Waals surface area contributed by atoms with Gasteiger partial charge in [0.1, 0.15) is 0 Å². The highest BCUT2D eigenvalue weighted by Gasteiger charge is 2.22. The third-order valence-electron chi connectivity index (χ3n) is 3.17. The molecule has 0 amide bonds. The van der Waals surface area contributed by atoms with E-state index in [0.717, 1.165) is 30.2 Å². The number of aromatic nitrogens is 2. The first-order valence-corrected chi connectivity index (χ1v) is 6.35. The lowest BCUT2D eigenvalue weighted by molar-refractivity contribution is 0.782. The van der Waals surface area contributed by atoms with E-state index in [1.165, 1.54) is 12.1 Å². The minimum atomic E-state index is 0.840. The van der Waals surface area contributed by atoms with Crippen molar-refractivity contribution in [1.29, 1.82) is 0 Å². The van der Waals surface area contributed by atoms with E-state index in [1.807, 2.05) is 12.1 Å². The molecule has 1 N–H and O–H groups in total. The highest BCUT2D eigenvalue weighted by atomic mass is 15.3. The van der Waals surface area contributed by atoms with E-state index in [-0.39, 0.29) is 0 Å². The zero-order chi connectivity index (χ0) is 12.4. The zero-order valence-corrected chi connectivity index (χ0v) is 10.4. The molecule has 0 spiro atoms. The second-order valence-corrected chi connectivity index (χ2v) is 4.41. The van der Waals surface area contributed by atoms with Gasteiger partial charge < -0.3 is 10.2 Å². The molecule has 1 aliphatic rings. The fourth-order valence-electron chi connectivity index (χ4n) is 2.26. The molecule has 0 bridgehead atoms. The molecule has 2 heterocycles. The van der Waals surface area contributed by atoms with Crippen molar-refractivity contribution >= 4 is 22.9 Å². The summed E-state index contributed by atoms with van der Waals surface area (Å²) in [6.07, 6.45) is 4.09. The van der Waals surface area contributed by atoms with E-state index in [2.05, 4.69) is 45.5 Å². The van der Waals surface area contributed by atoms with Gasteiger partial charge in [0.2, 0.25) is 0 Å². The number of fused-ring (bicyclic) bond motifs is 2. The van der Waals surface area contributed by atoms with E-state index in [0.29, 0.717) is 0 Å². The number of anilines is 4. The number of unbranched alkanes of at least 4 members (excludes halogenated alkanes) is 1. The zero-order valence-electron chi connectivity index (χ0n) is 10.4. The predicted molar refractivity (Wildman–Crippen MR) is 73.7 cm³/mol. The summed E-state index contributed by atoms with van der Waals surface area (Å²) in [5.41, 5.74) is 3.42. The normalized spacial score (nSPS) is 12.6. The maximum atomic E-state index is 4.17. The minimum Gasteiger partial charge on any atom is -0.337 e. The summed E-state index contributed by atoms with van der Waals surface area (Å²) in [6.45, 7) is 3.22. The molecule has 92 valence electrons. The number of nitrogens with zero attached hydrogens (tertiary/aromatic N) is 3. The first-order valence-electron chi connectivity index (χ1n) is 6.35. The fraction of sp³-hybridized carbons (Fsp3) is 0.286. The van der Waals surface area contributed by atoms with Crippen molar-refractivity contribution in [3.63, 3.8) is 0 Å². The van der Waals surface area contributed by atoms with Crippen LogP contribution in [0.3, 0.4) is 0 Å². The molecule has 0 atom stereocenters. The van der Waals surface area contributed by atoms with Crippen molar-refractivity contribution in [2.24, 2.45) is 0 Å². The third kappa shape index (κ3) is 1.79. The monoisotopic (exact) mass is 240 g/mol. The molecule has 0 aliphatic carbocycles. The highest BCUT2D eigenvalue weighted by Crippen LogP contribution is 2.41. The molecule has 0 saturated carbocycles. The highest BCUT2D eigenvalue weighted by molar-refractivity contribution is 5.89. The van der Waals surface area contributed by atoms with Crippen LogP contribution >= 0.6 is 0 Å². The van der Waals surface area contributed by atoms with Gasteiger partial charge in [-0.15, -0.1) is 5.10 Å². The molecule has 0 radical (unpaired) electrons. The topological polar surface area (TPSA) is 41.0 Å². The van der Waals surface area contributed by atoms with Crippen LogP contribution in [-0.4, -0.2) is 16.7 Å². The Bertz CT molecular complexity index is 507. The molecule has 2 aromatic rings. The molecule has 0 unspecified atom stereocenters. The average Bonchev–Trinajstić information content (AvgIpc) is 2.43. The smallest absolute Gasteiger partial charge is 0.177 e. The molecule has 0 fully saturated rings. The summed E-state index contributed by atoms with van der Waals surface area (Å²) in [6, 6.07) is 10.3. The van der Waals surface area contributed by atoms with Crippen LogP contribution in [0.1, 0.15) is 19.8 Å². The lowest BCUT2D eigenvalue weighted by Gasteiger charge is -2.32. The van der Waals surface area contributed by atoms with Gasteiger partial charge in [-0.3, -0.25) is 0 Å². The van der Waals surface area contributed by atoms with Crippen LogP contribution in [0.5, 0.6) is 0 Å². The second-order valence-electron chi connectivity index (χ2n) is 4.41. The summed E-state index contributed by atoms with van der Waals surface area (Å²) in [5.74, 6) is 0.840. The van der Waals surface area contributed by atoms with E-state index >= 15 is 0 Å². The largest absolute Gasteiger partial charge is 0.337 e. The van der Waals surface area contributed by atoms with Gasteiger partial charge in [-0.2, -0.15) is 5.10 Å². The Hall–Kier alpha value is -2.10. The van der Waals surface area contributed by atoms with Gasteiger partial charge >= 0.3 is 0 Å². The predicted octanol–water partition coefficient (Wildman–Crippen LogP) is 3.47. The fourth-order valence-corrected chi connectivity index (χ4v) is 2.26. The quantitative estimate of drug-likeness (QED) is 0.891.